The van der Waals surface area contributed by atoms with Crippen molar-refractivity contribution in [3.63, 3.8) is 0 Å². The van der Waals surface area contributed by atoms with Crippen LogP contribution in [-0.2, 0) is 4.43 Å². The van der Waals surface area contributed by atoms with Crippen molar-refractivity contribution in [2.75, 3.05) is 0 Å². The Bertz CT molecular complexity index is 396. The molecule has 0 aromatic rings. The maximum Gasteiger partial charge on any atom is 0.192 e. The topological polar surface area (TPSA) is 29.5 Å². The first-order valence-corrected chi connectivity index (χ1v) is 10.7. The van der Waals surface area contributed by atoms with Gasteiger partial charge in [-0.1, -0.05) is 32.9 Å². The molecule has 0 spiro atoms. The van der Waals surface area contributed by atoms with Gasteiger partial charge in [-0.05, 0) is 54.6 Å². The maximum atomic E-state index is 10.4. The zero-order chi connectivity index (χ0) is 14.0. The molecular formula is C16H28O2Si. The van der Waals surface area contributed by atoms with Crippen LogP contribution in [0.4, 0.5) is 0 Å². The molecule has 0 unspecified atom stereocenters. The average molecular weight is 280 g/mol. The summed E-state index contributed by atoms with van der Waals surface area (Å²) in [5, 5.41) is 10.6. The third kappa shape index (κ3) is 2.05. The van der Waals surface area contributed by atoms with Gasteiger partial charge in [0.15, 0.2) is 8.32 Å². The minimum absolute atomic E-state index is 0.139. The third-order valence-electron chi connectivity index (χ3n) is 6.18. The molecular weight excluding hydrogens is 252 g/mol. The lowest BCUT2D eigenvalue weighted by molar-refractivity contribution is 0.108. The van der Waals surface area contributed by atoms with Crippen LogP contribution in [0, 0.1) is 23.7 Å². The van der Waals surface area contributed by atoms with Gasteiger partial charge in [-0.25, -0.2) is 0 Å². The second kappa shape index (κ2) is 4.19. The molecule has 3 aliphatic carbocycles. The van der Waals surface area contributed by atoms with Gasteiger partial charge in [0.25, 0.3) is 0 Å². The monoisotopic (exact) mass is 280 g/mol. The van der Waals surface area contributed by atoms with Gasteiger partial charge in [-0.2, -0.15) is 0 Å². The predicted molar refractivity (Wildman–Crippen MR) is 80.4 cm³/mol. The van der Waals surface area contributed by atoms with E-state index in [2.05, 4.69) is 46.0 Å². The van der Waals surface area contributed by atoms with Crippen LogP contribution in [0.1, 0.15) is 33.6 Å². The summed E-state index contributed by atoms with van der Waals surface area (Å²) < 4.78 is 6.65. The van der Waals surface area contributed by atoms with Crippen molar-refractivity contribution in [3.8, 4) is 0 Å². The quantitative estimate of drug-likeness (QED) is 0.619. The van der Waals surface area contributed by atoms with Crippen molar-refractivity contribution >= 4 is 8.32 Å². The standard InChI is InChI=1S/C16H28O2Si/c1-16(2,3)19(4,5)18-13-9-12(17)14-10-6-7-11(8-10)15(13)14/h6-7,10-15,17H,8-9H2,1-5H3/t10-,11+,12+,13-,14+,15-/m0/s1. The van der Waals surface area contributed by atoms with Gasteiger partial charge < -0.3 is 9.53 Å². The van der Waals surface area contributed by atoms with Crippen molar-refractivity contribution in [1.29, 1.82) is 0 Å². The number of hydrogen-bond acceptors (Lipinski definition) is 2. The third-order valence-corrected chi connectivity index (χ3v) is 10.7. The number of hydrogen-bond donors (Lipinski definition) is 1. The predicted octanol–water partition coefficient (Wildman–Crippen LogP) is 3.58. The molecule has 2 bridgehead atoms. The Hall–Kier alpha value is -0.123. The lowest BCUT2D eigenvalue weighted by Crippen LogP contribution is -2.45. The number of aliphatic hydroxyl groups excluding tert-OH is 1. The molecule has 0 aromatic heterocycles. The first-order chi connectivity index (χ1) is 8.71. The van der Waals surface area contributed by atoms with E-state index >= 15 is 0 Å². The van der Waals surface area contributed by atoms with Crippen LogP contribution in [0.2, 0.25) is 18.1 Å². The Balaban J connectivity index is 1.78. The first kappa shape index (κ1) is 13.8. The highest BCUT2D eigenvalue weighted by Gasteiger charge is 2.57. The summed E-state index contributed by atoms with van der Waals surface area (Å²) in [7, 11) is -1.72. The summed E-state index contributed by atoms with van der Waals surface area (Å²) in [6, 6.07) is 0. The molecule has 0 aliphatic heterocycles. The molecule has 2 saturated carbocycles. The minimum Gasteiger partial charge on any atom is -0.414 e. The molecule has 6 atom stereocenters. The molecule has 0 saturated heterocycles. The number of fused-ring (bicyclic) bond motifs is 5. The Labute approximate surface area is 118 Å². The lowest BCUT2D eigenvalue weighted by atomic mass is 9.84. The summed E-state index contributed by atoms with van der Waals surface area (Å²) in [6.07, 6.45) is 6.98. The summed E-state index contributed by atoms with van der Waals surface area (Å²) in [5.74, 6) is 2.35. The fraction of sp³-hybridized carbons (Fsp3) is 0.875. The molecule has 3 heteroatoms. The van der Waals surface area contributed by atoms with Crippen molar-refractivity contribution in [3.05, 3.63) is 12.2 Å². The summed E-state index contributed by atoms with van der Waals surface area (Å²) >= 11 is 0. The smallest absolute Gasteiger partial charge is 0.192 e. The van der Waals surface area contributed by atoms with Crippen LogP contribution in [0.25, 0.3) is 0 Å². The van der Waals surface area contributed by atoms with Gasteiger partial charge in [0.05, 0.1) is 12.2 Å². The van der Waals surface area contributed by atoms with Gasteiger partial charge in [0.2, 0.25) is 0 Å². The molecule has 108 valence electrons. The van der Waals surface area contributed by atoms with E-state index in [1.54, 1.807) is 0 Å². The van der Waals surface area contributed by atoms with Crippen LogP contribution in [0.15, 0.2) is 12.2 Å². The molecule has 1 N–H and O–H groups in total. The Morgan fingerprint density at radius 2 is 1.63 bits per heavy atom. The zero-order valence-corrected chi connectivity index (χ0v) is 13.9. The lowest BCUT2D eigenvalue weighted by Gasteiger charge is -2.40. The summed E-state index contributed by atoms with van der Waals surface area (Å²) in [5.41, 5.74) is 0. The molecule has 3 aliphatic rings. The van der Waals surface area contributed by atoms with Crippen molar-refractivity contribution in [2.24, 2.45) is 23.7 Å². The van der Waals surface area contributed by atoms with Crippen molar-refractivity contribution < 1.29 is 9.53 Å². The summed E-state index contributed by atoms with van der Waals surface area (Å²) in [4.78, 5) is 0. The molecule has 0 amide bonds. The Morgan fingerprint density at radius 1 is 1.05 bits per heavy atom. The fourth-order valence-electron chi connectivity index (χ4n) is 4.20. The SMILES string of the molecule is CC(C)(C)[Si](C)(C)O[C@H]1C[C@@H](O)[C@@H]2[C@H]1[C@@H]1C=C[C@H]2C1. The molecule has 19 heavy (non-hydrogen) atoms. The second-order valence-corrected chi connectivity index (χ2v) is 13.1. The molecule has 3 rings (SSSR count). The van der Waals surface area contributed by atoms with Crippen LogP contribution in [0.3, 0.4) is 0 Å². The van der Waals surface area contributed by atoms with Crippen LogP contribution in [0.5, 0.6) is 0 Å². The van der Waals surface area contributed by atoms with E-state index < -0.39 is 8.32 Å². The largest absolute Gasteiger partial charge is 0.414 e. The van der Waals surface area contributed by atoms with Crippen molar-refractivity contribution in [1.82, 2.24) is 0 Å². The molecule has 0 heterocycles. The van der Waals surface area contributed by atoms with E-state index in [4.69, 9.17) is 4.43 Å². The van der Waals surface area contributed by atoms with Gasteiger partial charge in [0, 0.05) is 0 Å². The minimum atomic E-state index is -1.72. The number of aliphatic hydroxyl groups is 1. The van der Waals surface area contributed by atoms with E-state index in [1.165, 1.54) is 6.42 Å². The zero-order valence-electron chi connectivity index (χ0n) is 12.9. The van der Waals surface area contributed by atoms with E-state index in [0.29, 0.717) is 29.8 Å². The van der Waals surface area contributed by atoms with E-state index in [9.17, 15) is 5.11 Å². The van der Waals surface area contributed by atoms with Gasteiger partial charge >= 0.3 is 0 Å². The van der Waals surface area contributed by atoms with E-state index in [0.717, 1.165) is 6.42 Å². The Kier molecular flexibility index (Phi) is 3.05. The molecule has 0 aromatic carbocycles. The molecule has 2 fully saturated rings. The van der Waals surface area contributed by atoms with Crippen LogP contribution in [-0.4, -0.2) is 25.6 Å². The highest BCUT2D eigenvalue weighted by molar-refractivity contribution is 6.74. The fourth-order valence-corrected chi connectivity index (χ4v) is 5.56. The van der Waals surface area contributed by atoms with Crippen LogP contribution >= 0.6 is 0 Å². The number of rotatable bonds is 2. The highest BCUT2D eigenvalue weighted by atomic mass is 28.4. The maximum absolute atomic E-state index is 10.4. The summed E-state index contributed by atoms with van der Waals surface area (Å²) in [6.45, 7) is 11.5. The van der Waals surface area contributed by atoms with E-state index in [1.807, 2.05) is 0 Å². The van der Waals surface area contributed by atoms with Gasteiger partial charge in [-0.3, -0.25) is 0 Å². The first-order valence-electron chi connectivity index (χ1n) is 7.75. The second-order valence-electron chi connectivity index (χ2n) is 8.32. The highest BCUT2D eigenvalue weighted by Crippen LogP contribution is 2.57. The van der Waals surface area contributed by atoms with Gasteiger partial charge in [-0.15, -0.1) is 0 Å². The van der Waals surface area contributed by atoms with Gasteiger partial charge in [0.1, 0.15) is 0 Å². The number of allylic oxidation sites excluding steroid dienone is 2. The van der Waals surface area contributed by atoms with Crippen molar-refractivity contribution in [2.45, 2.75) is 64.0 Å². The Morgan fingerprint density at radius 3 is 2.21 bits per heavy atom. The average Bonchev–Trinajstić information content (AvgIpc) is 2.90. The van der Waals surface area contributed by atoms with E-state index in [-0.39, 0.29) is 11.1 Å². The molecule has 2 nitrogen and oxygen atoms in total. The normalized spacial score (nSPS) is 44.9. The molecule has 0 radical (unpaired) electrons. The van der Waals surface area contributed by atoms with Crippen LogP contribution < -0.4 is 0 Å².